The molecular weight excluding hydrogens is 1230 g/mol. The molecule has 0 fully saturated rings. The first-order valence-electron chi connectivity index (χ1n) is 22.7. The summed E-state index contributed by atoms with van der Waals surface area (Å²) in [6, 6.07) is 8.49. The van der Waals surface area contributed by atoms with Gasteiger partial charge in [0.2, 0.25) is 17.7 Å². The van der Waals surface area contributed by atoms with E-state index in [1.165, 1.54) is 47.1 Å². The van der Waals surface area contributed by atoms with E-state index in [2.05, 4.69) is 44.1 Å². The predicted octanol–water partition coefficient (Wildman–Crippen LogP) is 5.17. The van der Waals surface area contributed by atoms with Gasteiger partial charge in [0.1, 0.15) is 23.8 Å². The largest absolute Gasteiger partial charge is 0.778 e. The molecule has 0 saturated heterocycles. The van der Waals surface area contributed by atoms with Gasteiger partial charge in [0.05, 0.1) is 78.3 Å². The van der Waals surface area contributed by atoms with Gasteiger partial charge in [-0.25, -0.2) is 36.8 Å². The molecule has 26 nitrogen and oxygen atoms in total. The van der Waals surface area contributed by atoms with E-state index in [0.717, 1.165) is 35.9 Å². The second kappa shape index (κ2) is 31.6. The number of anilines is 3. The van der Waals surface area contributed by atoms with Crippen LogP contribution in [0.4, 0.5) is 44.1 Å². The topological polar surface area (TPSA) is 380 Å². The van der Waals surface area contributed by atoms with Crippen LogP contribution in [0.1, 0.15) is 46.4 Å². The number of methoxy groups -OCH3 is 1. The summed E-state index contributed by atoms with van der Waals surface area (Å²) < 4.78 is 118. The van der Waals surface area contributed by atoms with Gasteiger partial charge in [-0.3, -0.25) is 34.7 Å². The van der Waals surface area contributed by atoms with Crippen LogP contribution in [0.2, 0.25) is 10.0 Å². The van der Waals surface area contributed by atoms with Crippen LogP contribution in [-0.2, 0) is 44.7 Å². The van der Waals surface area contributed by atoms with Gasteiger partial charge in [-0.1, -0.05) is 41.3 Å². The highest BCUT2D eigenvalue weighted by Gasteiger charge is 2.42. The molecule has 4 aromatic rings. The number of amides is 5. The molecule has 3 heterocycles. The van der Waals surface area contributed by atoms with Crippen molar-refractivity contribution in [3.05, 3.63) is 92.7 Å². The second-order valence-electron chi connectivity index (χ2n) is 16.4. The monoisotopic (exact) mass is 1270 g/mol. The Bertz CT molecular complexity index is 3280. The fourth-order valence-corrected chi connectivity index (χ4v) is 8.75. The molecular formula is C47H47Cl2F5N7O19PS2. The number of nitrogens with zero attached hydrogens (tertiary/aromatic N) is 4. The van der Waals surface area contributed by atoms with Gasteiger partial charge in [-0.15, -0.1) is 6.42 Å². The summed E-state index contributed by atoms with van der Waals surface area (Å²) in [5, 5.41) is 29.8. The molecule has 0 radical (unpaired) electrons. The third-order valence-corrected chi connectivity index (χ3v) is 12.5. The van der Waals surface area contributed by atoms with Crippen LogP contribution in [0.5, 0.6) is 23.3 Å². The van der Waals surface area contributed by atoms with Crippen molar-refractivity contribution in [1.82, 2.24) is 20.0 Å². The summed E-state index contributed by atoms with van der Waals surface area (Å²) in [5.41, 5.74) is 0.234. The number of fused-ring (bicyclic) bond motifs is 1. The number of alkyl halides is 4. The number of carbonyl (C=O) groups is 7. The molecule has 3 aromatic carbocycles. The third-order valence-electron chi connectivity index (χ3n) is 9.87. The van der Waals surface area contributed by atoms with Crippen LogP contribution in [-0.4, -0.2) is 145 Å². The lowest BCUT2D eigenvalue weighted by molar-refractivity contribution is -0.193. The van der Waals surface area contributed by atoms with Crippen molar-refractivity contribution in [3.8, 4) is 35.6 Å². The number of imide groups is 1. The summed E-state index contributed by atoms with van der Waals surface area (Å²) in [6.07, 6.45) is 13.9. The smallest absolute Gasteiger partial charge is 0.388 e. The quantitative estimate of drug-likeness (QED) is 0.0250. The molecule has 36 heteroatoms. The number of ether oxygens (including phenoxy) is 4. The van der Waals surface area contributed by atoms with Crippen LogP contribution in [0.15, 0.2) is 70.6 Å². The lowest BCUT2D eigenvalue weighted by Gasteiger charge is -2.29. The van der Waals surface area contributed by atoms with Crippen molar-refractivity contribution in [3.63, 3.8) is 0 Å². The fourth-order valence-electron chi connectivity index (χ4n) is 6.79. The minimum Gasteiger partial charge on any atom is -0.778 e. The molecule has 7 rings (SSSR count). The minimum atomic E-state index is -4.71. The Morgan fingerprint density at radius 2 is 1.43 bits per heavy atom. The normalized spacial score (nSPS) is 14.0. The Hall–Kier alpha value is -7.83. The molecule has 1 aromatic heterocycles. The number of hydrogen-bond donors (Lipinski definition) is 7. The fraction of sp³-hybridized carbons (Fsp3) is 0.298. The van der Waals surface area contributed by atoms with Crippen LogP contribution < -0.4 is 49.0 Å². The number of rotatable bonds is 16. The van der Waals surface area contributed by atoms with Crippen LogP contribution >= 0.6 is 30.8 Å². The van der Waals surface area contributed by atoms with Gasteiger partial charge in [0, 0.05) is 17.2 Å². The molecule has 1 atom stereocenters. The number of aliphatic carboxylic acids is 1. The number of carboxylic acids is 3. The van der Waals surface area contributed by atoms with E-state index in [1.807, 2.05) is 5.32 Å². The number of terminal acetylenes is 1. The second-order valence-corrected chi connectivity index (χ2v) is 22.9. The maximum absolute atomic E-state index is 14.7. The number of urea groups is 1. The van der Waals surface area contributed by atoms with Crippen molar-refractivity contribution in [1.29, 1.82) is 0 Å². The van der Waals surface area contributed by atoms with Crippen LogP contribution in [0.3, 0.4) is 0 Å². The number of halogens is 7. The van der Waals surface area contributed by atoms with E-state index in [-0.39, 0.29) is 57.5 Å². The summed E-state index contributed by atoms with van der Waals surface area (Å²) in [4.78, 5) is 107. The van der Waals surface area contributed by atoms with Gasteiger partial charge < -0.3 is 48.6 Å². The average Bonchev–Trinajstić information content (AvgIpc) is 3.57. The summed E-state index contributed by atoms with van der Waals surface area (Å²) >= 11 is 11.4. The zero-order chi connectivity index (χ0) is 62.7. The molecule has 83 heavy (non-hydrogen) atoms. The lowest BCUT2D eigenvalue weighted by Crippen LogP contribution is -2.39. The Kier molecular flexibility index (Phi) is 26.4. The Balaban J connectivity index is 0.000000306. The average molecular weight is 1270 g/mol. The first-order chi connectivity index (χ1) is 38.7. The number of aromatic nitrogens is 2. The summed E-state index contributed by atoms with van der Waals surface area (Å²) in [6.45, 7) is -7.56. The zero-order valence-corrected chi connectivity index (χ0v) is 47.2. The number of benzene rings is 3. The number of aromatic carboxylic acids is 2. The molecule has 450 valence electrons. The minimum absolute atomic E-state index is 0.0170. The molecule has 7 N–H and O–H groups in total. The highest BCUT2D eigenvalue weighted by atomic mass is 35.5. The molecule has 0 saturated carbocycles. The van der Waals surface area contributed by atoms with Crippen LogP contribution in [0, 0.1) is 18.2 Å². The van der Waals surface area contributed by atoms with E-state index in [0.29, 0.717) is 40.9 Å². The summed E-state index contributed by atoms with van der Waals surface area (Å²) in [5.74, 6) is -6.30. The first kappa shape index (κ1) is 69.4. The zero-order valence-electron chi connectivity index (χ0n) is 43.2. The van der Waals surface area contributed by atoms with Gasteiger partial charge in [0.15, 0.2) is 18.2 Å². The maximum atomic E-state index is 14.7. The number of hydrogen-bond acceptors (Lipinski definition) is 18. The highest BCUT2D eigenvalue weighted by molar-refractivity contribution is 7.94. The SMILES string of the molecule is C#CCN1C(=O)COc2cc(F)c(N3C(=O)C4=C(CCCC4)C3=O)cc21.COc1c(Cl)ccc(Cl)c1C(=O)O.C[S+](C)C.O=C(Nc1nc(OC(F)F)cc(OC(F)F)n1)NS(=O)(=O)c1ccccc1C(=O)O.O=C(O)CNCP(=O)([O-])O. The number of carbonyl (C=O) groups excluding carboxylic acids is 4. The van der Waals surface area contributed by atoms with Gasteiger partial charge >= 0.3 is 37.2 Å². The van der Waals surface area contributed by atoms with Gasteiger partial charge in [-0.05, 0) is 66.9 Å². The standard InChI is InChI=1S/C19H15FN2O4.C14H10F4N4O7S.C8H6Cl2O3.C3H8NO5P.C3H9S/c1-2-7-21-15-9-14(13(20)8-16(15)26-10-17(21)23)22-18(24)11-5-3-4-6-12(11)19(22)25;15-11(16)28-8-5-9(29-12(17)18)20-13(19-8)21-14(25)22-30(26,27)7-4-2-1-3-6(7)10(23)24;1-13-7-5(10)3-2-4(9)6(7)8(11)12;5-3(6)1-4-2-10(7,8)9;1-4(2)3/h1,8-9H,3-7,10H2;1-5,11-12H,(H,23,24)(H2,19,20,21,22,25);2-3H,1H3,(H,11,12);4H,1-2H2,(H,5,6)(H2,7,8,9);1-3H3/q;;;;+1/p-1. The molecule has 0 bridgehead atoms. The van der Waals surface area contributed by atoms with E-state index in [4.69, 9.17) is 59.3 Å². The lowest BCUT2D eigenvalue weighted by atomic mass is 9.93. The number of sulfonamides is 1. The molecule has 0 spiro atoms. The van der Waals surface area contributed by atoms with Crippen molar-refractivity contribution < 1.29 is 113 Å². The summed E-state index contributed by atoms with van der Waals surface area (Å²) in [7, 11) is -7.08. The van der Waals surface area contributed by atoms with Crippen molar-refractivity contribution in [2.45, 2.75) is 43.8 Å². The van der Waals surface area contributed by atoms with Crippen molar-refractivity contribution in [2.24, 2.45) is 0 Å². The molecule has 3 aliphatic rings. The Labute approximate surface area is 480 Å². The molecule has 5 amide bonds. The Morgan fingerprint density at radius 1 is 0.892 bits per heavy atom. The maximum Gasteiger partial charge on any atom is 0.388 e. The predicted molar refractivity (Wildman–Crippen MR) is 285 cm³/mol. The van der Waals surface area contributed by atoms with E-state index in [9.17, 15) is 73.4 Å². The molecule has 1 unspecified atom stereocenters. The van der Waals surface area contributed by atoms with E-state index >= 15 is 0 Å². The van der Waals surface area contributed by atoms with E-state index in [1.54, 1.807) is 5.32 Å². The third kappa shape index (κ3) is 21.1. The molecule has 1 aliphatic carbocycles. The van der Waals surface area contributed by atoms with Crippen molar-refractivity contribution in [2.75, 3.05) is 67.0 Å². The van der Waals surface area contributed by atoms with Crippen molar-refractivity contribution >= 4 is 111 Å². The first-order valence-corrected chi connectivity index (χ1v) is 29.1. The number of carboxylic acid groups (broad SMARTS) is 3. The Morgan fingerprint density at radius 3 is 1.90 bits per heavy atom. The highest BCUT2D eigenvalue weighted by Crippen LogP contribution is 2.42. The van der Waals surface area contributed by atoms with Gasteiger partial charge in [0.25, 0.3) is 27.7 Å². The molecule has 2 aliphatic heterocycles. The van der Waals surface area contributed by atoms with Crippen LogP contribution in [0.25, 0.3) is 0 Å². The van der Waals surface area contributed by atoms with E-state index < -0.39 is 113 Å². The number of nitrogens with one attached hydrogen (secondary N) is 3. The van der Waals surface area contributed by atoms with Gasteiger partial charge in [-0.2, -0.15) is 27.5 Å².